The Morgan fingerprint density at radius 1 is 1.05 bits per heavy atom. The molecule has 3 heteroatoms. The molecule has 2 aromatic rings. The van der Waals surface area contributed by atoms with E-state index in [-0.39, 0.29) is 0 Å². The highest BCUT2D eigenvalue weighted by Crippen LogP contribution is 2.23. The van der Waals surface area contributed by atoms with E-state index >= 15 is 0 Å². The molecule has 20 heavy (non-hydrogen) atoms. The summed E-state index contributed by atoms with van der Waals surface area (Å²) in [5.41, 5.74) is 3.95. The Morgan fingerprint density at radius 3 is 2.35 bits per heavy atom. The standard InChI is InChI=1S/C17H24N2S/c1-5-18-11-16-6-7-17(20-16)12-19(4)15-9-13(2)8-14(3)10-15/h6-10,18H,5,11-12H2,1-4H3. The van der Waals surface area contributed by atoms with E-state index in [0.29, 0.717) is 0 Å². The zero-order chi connectivity index (χ0) is 14.5. The summed E-state index contributed by atoms with van der Waals surface area (Å²) in [6, 6.07) is 11.2. The van der Waals surface area contributed by atoms with Gasteiger partial charge in [0.05, 0.1) is 6.54 Å². The summed E-state index contributed by atoms with van der Waals surface area (Å²) < 4.78 is 0. The highest BCUT2D eigenvalue weighted by Gasteiger charge is 2.06. The van der Waals surface area contributed by atoms with Gasteiger partial charge in [0.2, 0.25) is 0 Å². The van der Waals surface area contributed by atoms with Crippen molar-refractivity contribution in [3.63, 3.8) is 0 Å². The van der Waals surface area contributed by atoms with Crippen LogP contribution >= 0.6 is 11.3 Å². The highest BCUT2D eigenvalue weighted by atomic mass is 32.1. The predicted octanol–water partition coefficient (Wildman–Crippen LogP) is 4.11. The fourth-order valence-electron chi connectivity index (χ4n) is 2.35. The molecule has 0 aliphatic heterocycles. The van der Waals surface area contributed by atoms with E-state index in [2.05, 4.69) is 68.4 Å². The summed E-state index contributed by atoms with van der Waals surface area (Å²) >= 11 is 1.90. The molecule has 0 spiro atoms. The summed E-state index contributed by atoms with van der Waals surface area (Å²) in [6.07, 6.45) is 0. The lowest BCUT2D eigenvalue weighted by Crippen LogP contribution is -2.15. The first-order valence-corrected chi connectivity index (χ1v) is 7.98. The van der Waals surface area contributed by atoms with E-state index in [1.807, 2.05) is 11.3 Å². The van der Waals surface area contributed by atoms with E-state index in [1.54, 1.807) is 0 Å². The van der Waals surface area contributed by atoms with Crippen molar-refractivity contribution in [2.75, 3.05) is 18.5 Å². The van der Waals surface area contributed by atoms with Crippen LogP contribution in [0.2, 0.25) is 0 Å². The average molecular weight is 288 g/mol. The number of anilines is 1. The molecule has 0 aliphatic rings. The van der Waals surface area contributed by atoms with Gasteiger partial charge in [-0.15, -0.1) is 11.3 Å². The van der Waals surface area contributed by atoms with Gasteiger partial charge in [-0.1, -0.05) is 13.0 Å². The molecule has 1 aromatic carbocycles. The molecule has 2 nitrogen and oxygen atoms in total. The van der Waals surface area contributed by atoms with Crippen LogP contribution in [0.15, 0.2) is 30.3 Å². The average Bonchev–Trinajstić information content (AvgIpc) is 2.82. The van der Waals surface area contributed by atoms with Gasteiger partial charge in [-0.2, -0.15) is 0 Å². The Kier molecular flexibility index (Phi) is 5.21. The Hall–Kier alpha value is -1.32. The van der Waals surface area contributed by atoms with Crippen molar-refractivity contribution in [3.8, 4) is 0 Å². The van der Waals surface area contributed by atoms with E-state index < -0.39 is 0 Å². The van der Waals surface area contributed by atoms with Gasteiger partial charge in [0.25, 0.3) is 0 Å². The van der Waals surface area contributed by atoms with E-state index in [0.717, 1.165) is 19.6 Å². The third kappa shape index (κ3) is 4.09. The molecule has 0 atom stereocenters. The summed E-state index contributed by atoms with van der Waals surface area (Å²) in [5.74, 6) is 0. The molecular weight excluding hydrogens is 264 g/mol. The molecule has 0 saturated heterocycles. The number of benzene rings is 1. The highest BCUT2D eigenvalue weighted by molar-refractivity contribution is 7.12. The maximum atomic E-state index is 3.37. The molecule has 2 rings (SSSR count). The molecule has 1 N–H and O–H groups in total. The van der Waals surface area contributed by atoms with Gasteiger partial charge in [-0.3, -0.25) is 0 Å². The molecule has 0 aliphatic carbocycles. The van der Waals surface area contributed by atoms with E-state index in [9.17, 15) is 0 Å². The molecule has 0 unspecified atom stereocenters. The van der Waals surface area contributed by atoms with Gasteiger partial charge in [0, 0.05) is 29.0 Å². The first kappa shape index (κ1) is 15.1. The largest absolute Gasteiger partial charge is 0.369 e. The Balaban J connectivity index is 2.03. The predicted molar refractivity (Wildman–Crippen MR) is 89.7 cm³/mol. The van der Waals surface area contributed by atoms with Crippen LogP contribution in [0.4, 0.5) is 5.69 Å². The molecule has 108 valence electrons. The number of hydrogen-bond acceptors (Lipinski definition) is 3. The van der Waals surface area contributed by atoms with Gasteiger partial charge < -0.3 is 10.2 Å². The van der Waals surface area contributed by atoms with Crippen LogP contribution in [0.1, 0.15) is 27.8 Å². The van der Waals surface area contributed by atoms with Crippen molar-refractivity contribution in [2.24, 2.45) is 0 Å². The van der Waals surface area contributed by atoms with Gasteiger partial charge >= 0.3 is 0 Å². The first-order valence-electron chi connectivity index (χ1n) is 7.16. The summed E-state index contributed by atoms with van der Waals surface area (Å²) in [6.45, 7) is 9.43. The number of nitrogens with one attached hydrogen (secondary N) is 1. The van der Waals surface area contributed by atoms with E-state index in [4.69, 9.17) is 0 Å². The van der Waals surface area contributed by atoms with Gasteiger partial charge in [0.1, 0.15) is 0 Å². The second-order valence-corrected chi connectivity index (χ2v) is 6.60. The van der Waals surface area contributed by atoms with Gasteiger partial charge in [-0.05, 0) is 55.8 Å². The molecule has 0 bridgehead atoms. The van der Waals surface area contributed by atoms with E-state index in [1.165, 1.54) is 26.6 Å². The fourth-order valence-corrected chi connectivity index (χ4v) is 3.39. The lowest BCUT2D eigenvalue weighted by Gasteiger charge is -2.19. The maximum Gasteiger partial charge on any atom is 0.0519 e. The summed E-state index contributed by atoms with van der Waals surface area (Å²) in [7, 11) is 2.16. The molecule has 0 saturated carbocycles. The van der Waals surface area contributed by atoms with Crippen molar-refractivity contribution in [3.05, 3.63) is 51.2 Å². The smallest absolute Gasteiger partial charge is 0.0519 e. The zero-order valence-electron chi connectivity index (χ0n) is 12.9. The van der Waals surface area contributed by atoms with Crippen molar-refractivity contribution >= 4 is 17.0 Å². The topological polar surface area (TPSA) is 15.3 Å². The van der Waals surface area contributed by atoms with Crippen molar-refractivity contribution in [1.29, 1.82) is 0 Å². The number of rotatable bonds is 6. The monoisotopic (exact) mass is 288 g/mol. The van der Waals surface area contributed by atoms with Crippen LogP contribution in [-0.2, 0) is 13.1 Å². The fraction of sp³-hybridized carbons (Fsp3) is 0.412. The SMILES string of the molecule is CCNCc1ccc(CN(C)c2cc(C)cc(C)c2)s1. The minimum atomic E-state index is 0.972. The minimum Gasteiger partial charge on any atom is -0.369 e. The molecular formula is C17H24N2S. The maximum absolute atomic E-state index is 3.37. The summed E-state index contributed by atoms with van der Waals surface area (Å²) in [5, 5.41) is 3.37. The van der Waals surface area contributed by atoms with Crippen LogP contribution in [0, 0.1) is 13.8 Å². The second kappa shape index (κ2) is 6.91. The van der Waals surface area contributed by atoms with Crippen molar-refractivity contribution in [2.45, 2.75) is 33.9 Å². The molecule has 1 heterocycles. The minimum absolute atomic E-state index is 0.972. The third-order valence-electron chi connectivity index (χ3n) is 3.31. The molecule has 0 radical (unpaired) electrons. The Labute approximate surface area is 126 Å². The van der Waals surface area contributed by atoms with Gasteiger partial charge in [0.15, 0.2) is 0 Å². The van der Waals surface area contributed by atoms with Gasteiger partial charge in [-0.25, -0.2) is 0 Å². The lowest BCUT2D eigenvalue weighted by molar-refractivity contribution is 0.735. The number of hydrogen-bond donors (Lipinski definition) is 1. The van der Waals surface area contributed by atoms with Crippen LogP contribution in [0.25, 0.3) is 0 Å². The van der Waals surface area contributed by atoms with Crippen LogP contribution in [-0.4, -0.2) is 13.6 Å². The normalized spacial score (nSPS) is 10.8. The summed E-state index contributed by atoms with van der Waals surface area (Å²) in [4.78, 5) is 5.15. The third-order valence-corrected chi connectivity index (χ3v) is 4.38. The zero-order valence-corrected chi connectivity index (χ0v) is 13.7. The van der Waals surface area contributed by atoms with Crippen molar-refractivity contribution in [1.82, 2.24) is 5.32 Å². The first-order chi connectivity index (χ1) is 9.58. The van der Waals surface area contributed by atoms with Crippen LogP contribution in [0.3, 0.4) is 0 Å². The number of nitrogens with zero attached hydrogens (tertiary/aromatic N) is 1. The molecule has 0 amide bonds. The lowest BCUT2D eigenvalue weighted by atomic mass is 10.1. The molecule has 0 fully saturated rings. The number of aryl methyl sites for hydroxylation is 2. The second-order valence-electron chi connectivity index (χ2n) is 5.35. The number of thiophene rings is 1. The Bertz CT molecular complexity index is 540. The molecule has 1 aromatic heterocycles. The van der Waals surface area contributed by atoms with Crippen LogP contribution in [0.5, 0.6) is 0 Å². The Morgan fingerprint density at radius 2 is 1.70 bits per heavy atom. The van der Waals surface area contributed by atoms with Crippen LogP contribution < -0.4 is 10.2 Å². The quantitative estimate of drug-likeness (QED) is 0.860. The van der Waals surface area contributed by atoms with Crippen molar-refractivity contribution < 1.29 is 0 Å².